The molecule has 1 aromatic heterocycles. The number of benzene rings is 1. The maximum atomic E-state index is 13.2. The Kier molecular flexibility index (Phi) is 5.91. The Labute approximate surface area is 184 Å². The third kappa shape index (κ3) is 3.87. The number of aliphatic hydroxyl groups excluding tert-OH is 1. The summed E-state index contributed by atoms with van der Waals surface area (Å²) in [5.74, 6) is -0.995. The molecule has 6 nitrogen and oxygen atoms in total. The molecule has 1 saturated heterocycles. The van der Waals surface area contributed by atoms with Gasteiger partial charge in [0.1, 0.15) is 5.76 Å². The summed E-state index contributed by atoms with van der Waals surface area (Å²) >= 11 is 12.3. The lowest BCUT2D eigenvalue weighted by Gasteiger charge is -2.28. The molecule has 1 amide bonds. The third-order valence-electron chi connectivity index (χ3n) is 5.63. The number of aliphatic hydroxyl groups is 1. The molecule has 0 aliphatic carbocycles. The molecule has 1 N–H and O–H groups in total. The highest BCUT2D eigenvalue weighted by Gasteiger charge is 2.44. The summed E-state index contributed by atoms with van der Waals surface area (Å²) < 4.78 is 5.46. The summed E-state index contributed by atoms with van der Waals surface area (Å²) in [5, 5.41) is 11.4. The Morgan fingerprint density at radius 1 is 1.13 bits per heavy atom. The van der Waals surface area contributed by atoms with Crippen LogP contribution in [-0.4, -0.2) is 52.8 Å². The van der Waals surface area contributed by atoms with Gasteiger partial charge in [0, 0.05) is 13.1 Å². The maximum Gasteiger partial charge on any atom is 0.290 e. The molecule has 0 bridgehead atoms. The molecule has 1 fully saturated rings. The number of likely N-dealkylation sites (tertiary alicyclic amines) is 1. The van der Waals surface area contributed by atoms with Crippen LogP contribution in [0.4, 0.5) is 0 Å². The van der Waals surface area contributed by atoms with Crippen molar-refractivity contribution in [1.29, 1.82) is 0 Å². The van der Waals surface area contributed by atoms with Gasteiger partial charge in [0.2, 0.25) is 5.78 Å². The summed E-state index contributed by atoms with van der Waals surface area (Å²) in [5.41, 5.74) is 0.601. The molecule has 2 aliphatic rings. The zero-order valence-corrected chi connectivity index (χ0v) is 18.0. The van der Waals surface area contributed by atoms with Gasteiger partial charge in [-0.05, 0) is 62.7 Å². The Morgan fingerprint density at radius 2 is 1.87 bits per heavy atom. The van der Waals surface area contributed by atoms with E-state index >= 15 is 0 Å². The summed E-state index contributed by atoms with van der Waals surface area (Å²) in [7, 11) is 0. The van der Waals surface area contributed by atoms with Crippen LogP contribution < -0.4 is 0 Å². The highest BCUT2D eigenvalue weighted by Crippen LogP contribution is 2.40. The molecular formula is C22H22Cl2N2O4. The van der Waals surface area contributed by atoms with Crippen LogP contribution in [-0.2, 0) is 4.79 Å². The summed E-state index contributed by atoms with van der Waals surface area (Å²) in [6.07, 6.45) is 2.27. The van der Waals surface area contributed by atoms with Gasteiger partial charge in [-0.2, -0.15) is 0 Å². The lowest BCUT2D eigenvalue weighted by atomic mass is 9.95. The molecule has 0 radical (unpaired) electrons. The first-order chi connectivity index (χ1) is 14.4. The van der Waals surface area contributed by atoms with Gasteiger partial charge < -0.3 is 19.3 Å². The Hall–Kier alpha value is -2.28. The Balaban J connectivity index is 1.72. The predicted octanol–water partition coefficient (Wildman–Crippen LogP) is 4.57. The van der Waals surface area contributed by atoms with Crippen LogP contribution in [0.2, 0.25) is 10.0 Å². The van der Waals surface area contributed by atoms with Crippen LogP contribution in [0.25, 0.3) is 0 Å². The van der Waals surface area contributed by atoms with Crippen molar-refractivity contribution in [3.05, 3.63) is 68.8 Å². The van der Waals surface area contributed by atoms with Crippen molar-refractivity contribution < 1.29 is 19.1 Å². The largest absolute Gasteiger partial charge is 0.503 e. The van der Waals surface area contributed by atoms with Crippen LogP contribution in [0.3, 0.4) is 0 Å². The number of aryl methyl sites for hydroxylation is 1. The fourth-order valence-electron chi connectivity index (χ4n) is 4.09. The molecule has 2 aliphatic heterocycles. The number of Topliss-reactive ketones (excluding diaryl/α,β-unsaturated/α-hetero) is 1. The van der Waals surface area contributed by atoms with E-state index in [1.807, 2.05) is 0 Å². The Bertz CT molecular complexity index is 1020. The Morgan fingerprint density at radius 3 is 2.50 bits per heavy atom. The molecule has 3 heterocycles. The van der Waals surface area contributed by atoms with Gasteiger partial charge in [0.05, 0.1) is 21.7 Å². The van der Waals surface area contributed by atoms with Crippen molar-refractivity contribution in [2.24, 2.45) is 0 Å². The van der Waals surface area contributed by atoms with Crippen LogP contribution in [0.5, 0.6) is 0 Å². The molecule has 2 aromatic rings. The number of carbonyl (C=O) groups excluding carboxylic acids is 2. The van der Waals surface area contributed by atoms with E-state index < -0.39 is 23.5 Å². The monoisotopic (exact) mass is 448 g/mol. The molecule has 1 aromatic carbocycles. The lowest BCUT2D eigenvalue weighted by Crippen LogP contribution is -2.37. The van der Waals surface area contributed by atoms with Gasteiger partial charge in [-0.15, -0.1) is 0 Å². The quantitative estimate of drug-likeness (QED) is 0.655. The van der Waals surface area contributed by atoms with Crippen LogP contribution >= 0.6 is 23.2 Å². The molecule has 0 spiro atoms. The van der Waals surface area contributed by atoms with Gasteiger partial charge in [-0.25, -0.2) is 0 Å². The van der Waals surface area contributed by atoms with E-state index in [4.69, 9.17) is 27.6 Å². The van der Waals surface area contributed by atoms with Crippen molar-refractivity contribution in [3.63, 3.8) is 0 Å². The standard InChI is InChI=1S/C22H22Cl2N2O4/c1-13-4-7-17(30-13)20(27)18-19(14-5-6-15(23)16(24)12-14)26(22(29)21(18)28)11-10-25-8-2-3-9-25/h4-7,12,19,28H,2-3,8-11H2,1H3. The second kappa shape index (κ2) is 8.46. The van der Waals surface area contributed by atoms with E-state index in [9.17, 15) is 14.7 Å². The minimum atomic E-state index is -0.771. The first kappa shape index (κ1) is 21.0. The normalized spacial score (nSPS) is 19.9. The number of carbonyl (C=O) groups is 2. The molecule has 30 heavy (non-hydrogen) atoms. The van der Waals surface area contributed by atoms with E-state index in [2.05, 4.69) is 4.90 Å². The fraction of sp³-hybridized carbons (Fsp3) is 0.364. The van der Waals surface area contributed by atoms with Crippen LogP contribution in [0, 0.1) is 6.92 Å². The second-order valence-electron chi connectivity index (χ2n) is 7.63. The average Bonchev–Trinajstić information content (AvgIpc) is 3.44. The zero-order chi connectivity index (χ0) is 21.4. The first-order valence-corrected chi connectivity index (χ1v) is 10.6. The van der Waals surface area contributed by atoms with E-state index in [-0.39, 0.29) is 11.3 Å². The van der Waals surface area contributed by atoms with Gasteiger partial charge in [0.25, 0.3) is 5.91 Å². The number of hydrogen-bond donors (Lipinski definition) is 1. The molecule has 4 rings (SSSR count). The van der Waals surface area contributed by atoms with E-state index in [0.29, 0.717) is 34.5 Å². The molecule has 1 unspecified atom stereocenters. The van der Waals surface area contributed by atoms with Gasteiger partial charge in [-0.3, -0.25) is 9.59 Å². The number of amides is 1. The predicted molar refractivity (Wildman–Crippen MR) is 114 cm³/mol. The average molecular weight is 449 g/mol. The summed E-state index contributed by atoms with van der Waals surface area (Å²) in [4.78, 5) is 29.9. The number of rotatable bonds is 6. The van der Waals surface area contributed by atoms with Crippen LogP contribution in [0.1, 0.15) is 40.8 Å². The van der Waals surface area contributed by atoms with E-state index in [0.717, 1.165) is 25.9 Å². The van der Waals surface area contributed by atoms with Crippen molar-refractivity contribution in [1.82, 2.24) is 9.80 Å². The highest BCUT2D eigenvalue weighted by molar-refractivity contribution is 6.42. The lowest BCUT2D eigenvalue weighted by molar-refractivity contribution is -0.129. The van der Waals surface area contributed by atoms with Gasteiger partial charge >= 0.3 is 0 Å². The molecule has 158 valence electrons. The number of nitrogens with zero attached hydrogens (tertiary/aromatic N) is 2. The SMILES string of the molecule is Cc1ccc(C(=O)C2=C(O)C(=O)N(CCN3CCCC3)C2c2ccc(Cl)c(Cl)c2)o1. The molecule has 1 atom stereocenters. The molecular weight excluding hydrogens is 427 g/mol. The molecule has 0 saturated carbocycles. The third-order valence-corrected chi connectivity index (χ3v) is 6.37. The highest BCUT2D eigenvalue weighted by atomic mass is 35.5. The van der Waals surface area contributed by atoms with Crippen molar-refractivity contribution in [3.8, 4) is 0 Å². The van der Waals surface area contributed by atoms with E-state index in [1.54, 1.807) is 37.3 Å². The minimum Gasteiger partial charge on any atom is -0.503 e. The maximum absolute atomic E-state index is 13.2. The number of hydrogen-bond acceptors (Lipinski definition) is 5. The summed E-state index contributed by atoms with van der Waals surface area (Å²) in [6.45, 7) is 4.73. The summed E-state index contributed by atoms with van der Waals surface area (Å²) in [6, 6.07) is 7.41. The van der Waals surface area contributed by atoms with Crippen molar-refractivity contribution in [2.75, 3.05) is 26.2 Å². The van der Waals surface area contributed by atoms with Gasteiger partial charge in [0.15, 0.2) is 11.5 Å². The van der Waals surface area contributed by atoms with Crippen molar-refractivity contribution >= 4 is 34.9 Å². The van der Waals surface area contributed by atoms with E-state index in [1.165, 1.54) is 4.90 Å². The topological polar surface area (TPSA) is 74.0 Å². The van der Waals surface area contributed by atoms with Crippen LogP contribution in [0.15, 0.2) is 46.1 Å². The number of ketones is 1. The minimum absolute atomic E-state index is 0.00541. The second-order valence-corrected chi connectivity index (χ2v) is 8.44. The zero-order valence-electron chi connectivity index (χ0n) is 16.5. The first-order valence-electron chi connectivity index (χ1n) is 9.89. The fourth-order valence-corrected chi connectivity index (χ4v) is 4.40. The van der Waals surface area contributed by atoms with Crippen molar-refractivity contribution in [2.45, 2.75) is 25.8 Å². The smallest absolute Gasteiger partial charge is 0.290 e. The van der Waals surface area contributed by atoms with Gasteiger partial charge in [-0.1, -0.05) is 29.3 Å². The number of furan rings is 1. The molecule has 8 heteroatoms. The number of halogens is 2.